The molecular weight excluding hydrogens is 525 g/mol. The second-order valence-corrected chi connectivity index (χ2v) is 10.3. The van der Waals surface area contributed by atoms with Crippen LogP contribution < -0.4 is 10.2 Å². The van der Waals surface area contributed by atoms with Crippen molar-refractivity contribution in [3.05, 3.63) is 104 Å². The number of thioether (sulfide) groups is 1. The summed E-state index contributed by atoms with van der Waals surface area (Å²) < 4.78 is 0. The third-order valence-electron chi connectivity index (χ3n) is 5.31. The molecule has 4 rings (SSSR count). The third kappa shape index (κ3) is 5.66. The van der Waals surface area contributed by atoms with Gasteiger partial charge in [-0.3, -0.25) is 14.5 Å². The summed E-state index contributed by atoms with van der Waals surface area (Å²) in [6.45, 7) is 1.94. The number of benzene rings is 3. The molecular formula is C26H18Cl3N3O2S. The smallest absolute Gasteiger partial charge is 0.269 e. The molecule has 1 aliphatic heterocycles. The van der Waals surface area contributed by atoms with Crippen molar-refractivity contribution in [2.75, 3.05) is 10.2 Å². The molecule has 1 fully saturated rings. The van der Waals surface area contributed by atoms with E-state index in [0.717, 1.165) is 17.3 Å². The van der Waals surface area contributed by atoms with Crippen LogP contribution in [-0.4, -0.2) is 17.1 Å². The lowest BCUT2D eigenvalue weighted by Gasteiger charge is -2.19. The fourth-order valence-electron chi connectivity index (χ4n) is 3.54. The molecule has 1 aliphatic rings. The predicted molar refractivity (Wildman–Crippen MR) is 143 cm³/mol. The first-order valence-electron chi connectivity index (χ1n) is 10.5. The third-order valence-corrected chi connectivity index (χ3v) is 7.43. The highest BCUT2D eigenvalue weighted by Crippen LogP contribution is 2.42. The van der Waals surface area contributed by atoms with Crippen LogP contribution in [-0.2, 0) is 16.0 Å². The van der Waals surface area contributed by atoms with Crippen LogP contribution in [0.15, 0.2) is 77.3 Å². The van der Waals surface area contributed by atoms with E-state index in [1.54, 1.807) is 54.6 Å². The molecule has 0 aromatic heterocycles. The van der Waals surface area contributed by atoms with E-state index < -0.39 is 11.2 Å². The molecule has 9 heteroatoms. The van der Waals surface area contributed by atoms with Gasteiger partial charge in [-0.05, 0) is 73.5 Å². The summed E-state index contributed by atoms with van der Waals surface area (Å²) in [7, 11) is 0. The van der Waals surface area contributed by atoms with E-state index in [0.29, 0.717) is 32.0 Å². The lowest BCUT2D eigenvalue weighted by atomic mass is 10.1. The second-order valence-electron chi connectivity index (χ2n) is 7.81. The van der Waals surface area contributed by atoms with E-state index in [9.17, 15) is 14.9 Å². The maximum atomic E-state index is 13.6. The zero-order valence-electron chi connectivity index (χ0n) is 18.4. The molecule has 176 valence electrons. The van der Waals surface area contributed by atoms with Crippen molar-refractivity contribution >= 4 is 69.8 Å². The number of nitriles is 1. The number of carbonyl (C=O) groups is 2. The molecule has 0 saturated carbocycles. The van der Waals surface area contributed by atoms with Crippen molar-refractivity contribution in [3.63, 3.8) is 0 Å². The van der Waals surface area contributed by atoms with Gasteiger partial charge in [-0.25, -0.2) is 0 Å². The van der Waals surface area contributed by atoms with Crippen molar-refractivity contribution in [3.8, 4) is 6.07 Å². The highest BCUT2D eigenvalue weighted by atomic mass is 35.5. The Labute approximate surface area is 222 Å². The van der Waals surface area contributed by atoms with Gasteiger partial charge in [-0.15, -0.1) is 0 Å². The van der Waals surface area contributed by atoms with Gasteiger partial charge in [0.2, 0.25) is 5.91 Å². The normalized spacial score (nSPS) is 16.7. The summed E-state index contributed by atoms with van der Waals surface area (Å²) in [5, 5.41) is 13.8. The van der Waals surface area contributed by atoms with Crippen LogP contribution in [0, 0.1) is 18.3 Å². The van der Waals surface area contributed by atoms with E-state index in [1.165, 1.54) is 4.90 Å². The van der Waals surface area contributed by atoms with Gasteiger partial charge in [-0.2, -0.15) is 5.26 Å². The molecule has 1 heterocycles. The molecule has 35 heavy (non-hydrogen) atoms. The first-order chi connectivity index (χ1) is 16.8. The SMILES string of the molecule is Cc1ccc(N2C(=O)C(Cc3cc(Cl)ccc3Cl)S/C2=C(/C#N)C(=O)Nc2ccc(Cl)cc2)cc1. The van der Waals surface area contributed by atoms with Gasteiger partial charge in [0.05, 0.1) is 5.25 Å². The van der Waals surface area contributed by atoms with E-state index in [1.807, 2.05) is 25.1 Å². The van der Waals surface area contributed by atoms with Gasteiger partial charge in [-0.1, -0.05) is 64.3 Å². The number of amides is 2. The number of anilines is 2. The number of nitrogens with one attached hydrogen (secondary N) is 1. The monoisotopic (exact) mass is 541 g/mol. The quantitative estimate of drug-likeness (QED) is 0.278. The Morgan fingerprint density at radius 3 is 2.34 bits per heavy atom. The average molecular weight is 543 g/mol. The summed E-state index contributed by atoms with van der Waals surface area (Å²) in [4.78, 5) is 28.1. The van der Waals surface area contributed by atoms with Crippen LogP contribution >= 0.6 is 46.6 Å². The van der Waals surface area contributed by atoms with Crippen LogP contribution in [0.5, 0.6) is 0 Å². The minimum Gasteiger partial charge on any atom is -0.321 e. The van der Waals surface area contributed by atoms with Crippen molar-refractivity contribution in [2.24, 2.45) is 0 Å². The fraction of sp³-hybridized carbons (Fsp3) is 0.115. The van der Waals surface area contributed by atoms with Crippen molar-refractivity contribution < 1.29 is 9.59 Å². The fourth-order valence-corrected chi connectivity index (χ4v) is 5.35. The molecule has 1 saturated heterocycles. The molecule has 5 nitrogen and oxygen atoms in total. The molecule has 1 unspecified atom stereocenters. The predicted octanol–water partition coefficient (Wildman–Crippen LogP) is 7.02. The van der Waals surface area contributed by atoms with Gasteiger partial charge in [0.25, 0.3) is 5.91 Å². The van der Waals surface area contributed by atoms with Crippen molar-refractivity contribution in [1.29, 1.82) is 5.26 Å². The highest BCUT2D eigenvalue weighted by Gasteiger charge is 2.41. The minimum atomic E-state index is -0.622. The number of aryl methyl sites for hydroxylation is 1. The van der Waals surface area contributed by atoms with Crippen LogP contribution in [0.1, 0.15) is 11.1 Å². The first kappa shape index (κ1) is 25.2. The molecule has 0 aliphatic carbocycles. The molecule has 1 atom stereocenters. The van der Waals surface area contributed by atoms with E-state index in [2.05, 4.69) is 5.32 Å². The van der Waals surface area contributed by atoms with E-state index in [-0.39, 0.29) is 22.9 Å². The second kappa shape index (κ2) is 10.8. The van der Waals surface area contributed by atoms with E-state index >= 15 is 0 Å². The molecule has 0 bridgehead atoms. The standard InChI is InChI=1S/C26H18Cl3N3O2S/c1-15-2-9-20(10-3-15)32-25(34)23(13-16-12-18(28)6-11-22(16)29)35-26(32)21(14-30)24(33)31-19-7-4-17(27)5-8-19/h2-12,23H,13H2,1H3,(H,31,33)/b26-21-. The summed E-state index contributed by atoms with van der Waals surface area (Å²) in [5.74, 6) is -0.874. The maximum Gasteiger partial charge on any atom is 0.269 e. The number of nitrogens with zero attached hydrogens (tertiary/aromatic N) is 2. The van der Waals surface area contributed by atoms with Gasteiger partial charge >= 0.3 is 0 Å². The number of hydrogen-bond donors (Lipinski definition) is 1. The van der Waals surface area contributed by atoms with Gasteiger partial charge in [0.1, 0.15) is 16.7 Å². The topological polar surface area (TPSA) is 73.2 Å². The molecule has 1 N–H and O–H groups in total. The van der Waals surface area contributed by atoms with Crippen molar-refractivity contribution in [2.45, 2.75) is 18.6 Å². The Kier molecular flexibility index (Phi) is 7.73. The Bertz CT molecular complexity index is 1370. The molecule has 2 amide bonds. The number of halogens is 3. The Morgan fingerprint density at radius 1 is 1.03 bits per heavy atom. The highest BCUT2D eigenvalue weighted by molar-refractivity contribution is 8.05. The maximum absolute atomic E-state index is 13.6. The Morgan fingerprint density at radius 2 is 1.69 bits per heavy atom. The first-order valence-corrected chi connectivity index (χ1v) is 12.5. The molecule has 3 aromatic rings. The Hall–Kier alpha value is -2.95. The summed E-state index contributed by atoms with van der Waals surface area (Å²) in [6, 6.07) is 20.9. The molecule has 3 aromatic carbocycles. The van der Waals surface area contributed by atoms with Crippen LogP contribution in [0.4, 0.5) is 11.4 Å². The van der Waals surface area contributed by atoms with Gasteiger partial charge in [0.15, 0.2) is 0 Å². The number of carbonyl (C=O) groups excluding carboxylic acids is 2. The summed E-state index contributed by atoms with van der Waals surface area (Å²) in [6.07, 6.45) is 0.284. The van der Waals surface area contributed by atoms with E-state index in [4.69, 9.17) is 34.8 Å². The minimum absolute atomic E-state index is 0.168. The van der Waals surface area contributed by atoms with Crippen molar-refractivity contribution in [1.82, 2.24) is 0 Å². The summed E-state index contributed by atoms with van der Waals surface area (Å²) >= 11 is 19.6. The van der Waals surface area contributed by atoms with Gasteiger partial charge < -0.3 is 5.32 Å². The number of rotatable bonds is 5. The van der Waals surface area contributed by atoms with Crippen LogP contribution in [0.2, 0.25) is 15.1 Å². The van der Waals surface area contributed by atoms with Gasteiger partial charge in [0, 0.05) is 26.4 Å². The largest absolute Gasteiger partial charge is 0.321 e. The zero-order chi connectivity index (χ0) is 25.1. The lowest BCUT2D eigenvalue weighted by molar-refractivity contribution is -0.117. The number of hydrogen-bond acceptors (Lipinski definition) is 4. The lowest BCUT2D eigenvalue weighted by Crippen LogP contribution is -2.31. The molecule has 0 radical (unpaired) electrons. The molecule has 0 spiro atoms. The zero-order valence-corrected chi connectivity index (χ0v) is 21.5. The average Bonchev–Trinajstić information content (AvgIpc) is 3.14. The van der Waals surface area contributed by atoms with Crippen LogP contribution in [0.3, 0.4) is 0 Å². The van der Waals surface area contributed by atoms with Crippen LogP contribution in [0.25, 0.3) is 0 Å². The Balaban J connectivity index is 1.73. The summed E-state index contributed by atoms with van der Waals surface area (Å²) in [5.41, 5.74) is 2.60.